The third-order valence-electron chi connectivity index (χ3n) is 4.47. The van der Waals surface area contributed by atoms with Gasteiger partial charge in [-0.2, -0.15) is 0 Å². The lowest BCUT2D eigenvalue weighted by atomic mass is 9.99. The molecule has 0 radical (unpaired) electrons. The third-order valence-corrected chi connectivity index (χ3v) is 5.40. The second-order valence-corrected chi connectivity index (χ2v) is 7.06. The Hall–Kier alpha value is -2.80. The minimum Gasteiger partial charge on any atom is -0.507 e. The summed E-state index contributed by atoms with van der Waals surface area (Å²) in [5, 5.41) is 12.8. The highest BCUT2D eigenvalue weighted by atomic mass is 32.1. The van der Waals surface area contributed by atoms with Crippen LogP contribution in [-0.2, 0) is 9.59 Å². The van der Waals surface area contributed by atoms with Gasteiger partial charge >= 0.3 is 0 Å². The Labute approximate surface area is 161 Å². The van der Waals surface area contributed by atoms with Gasteiger partial charge in [0.15, 0.2) is 11.5 Å². The lowest BCUT2D eigenvalue weighted by Gasteiger charge is -2.23. The Morgan fingerprint density at radius 3 is 2.52 bits per heavy atom. The van der Waals surface area contributed by atoms with E-state index in [-0.39, 0.29) is 11.3 Å². The van der Waals surface area contributed by atoms with Gasteiger partial charge in [-0.25, -0.2) is 0 Å². The number of ketones is 1. The standard InChI is InChI=1S/C20H21NO5S/c1-4-9-21-17(15-6-5-10-27-15)16(19(23)20(21)24)18(22)12-7-8-13(25-2)14(11-12)26-3/h5-8,10-11,17,22H,4,9H2,1-3H3/b18-16-. The number of likely N-dealkylation sites (tertiary alicyclic amines) is 1. The van der Waals surface area contributed by atoms with E-state index >= 15 is 0 Å². The number of carbonyl (C=O) groups is 2. The van der Waals surface area contributed by atoms with Crippen LogP contribution in [0.15, 0.2) is 41.3 Å². The Balaban J connectivity index is 2.16. The van der Waals surface area contributed by atoms with Crippen LogP contribution in [0.25, 0.3) is 5.76 Å². The molecule has 1 fully saturated rings. The van der Waals surface area contributed by atoms with Crippen molar-refractivity contribution in [1.29, 1.82) is 0 Å². The minimum atomic E-state index is -0.672. The zero-order chi connectivity index (χ0) is 19.6. The van der Waals surface area contributed by atoms with Crippen LogP contribution in [-0.4, -0.2) is 42.5 Å². The van der Waals surface area contributed by atoms with Crippen molar-refractivity contribution in [2.45, 2.75) is 19.4 Å². The van der Waals surface area contributed by atoms with Crippen LogP contribution in [0.5, 0.6) is 11.5 Å². The van der Waals surface area contributed by atoms with E-state index in [1.165, 1.54) is 30.5 Å². The van der Waals surface area contributed by atoms with Gasteiger partial charge in [0.2, 0.25) is 0 Å². The smallest absolute Gasteiger partial charge is 0.295 e. The predicted octanol–water partition coefficient (Wildman–Crippen LogP) is 3.60. The van der Waals surface area contributed by atoms with Gasteiger partial charge in [0, 0.05) is 17.0 Å². The van der Waals surface area contributed by atoms with Crippen LogP contribution in [0.2, 0.25) is 0 Å². The van der Waals surface area contributed by atoms with Crippen molar-refractivity contribution in [3.63, 3.8) is 0 Å². The number of nitrogens with zero attached hydrogens (tertiary/aromatic N) is 1. The van der Waals surface area contributed by atoms with Crippen LogP contribution >= 0.6 is 11.3 Å². The van der Waals surface area contributed by atoms with Crippen LogP contribution in [0.4, 0.5) is 0 Å². The third kappa shape index (κ3) is 3.30. The molecule has 6 nitrogen and oxygen atoms in total. The first-order chi connectivity index (χ1) is 13.0. The molecule has 3 rings (SSSR count). The molecule has 1 saturated heterocycles. The fourth-order valence-electron chi connectivity index (χ4n) is 3.23. The van der Waals surface area contributed by atoms with Crippen molar-refractivity contribution in [2.75, 3.05) is 20.8 Å². The van der Waals surface area contributed by atoms with Gasteiger partial charge in [-0.15, -0.1) is 11.3 Å². The number of thiophene rings is 1. The van der Waals surface area contributed by atoms with E-state index in [0.717, 1.165) is 4.88 Å². The number of hydrogen-bond donors (Lipinski definition) is 1. The summed E-state index contributed by atoms with van der Waals surface area (Å²) in [5.74, 6) is -0.537. The molecule has 1 unspecified atom stereocenters. The highest BCUT2D eigenvalue weighted by molar-refractivity contribution is 7.10. The van der Waals surface area contributed by atoms with Gasteiger partial charge in [-0.3, -0.25) is 9.59 Å². The van der Waals surface area contributed by atoms with Gasteiger partial charge in [-0.1, -0.05) is 13.0 Å². The number of methoxy groups -OCH3 is 2. The number of carbonyl (C=O) groups excluding carboxylic acids is 2. The molecule has 1 atom stereocenters. The molecule has 7 heteroatoms. The van der Waals surface area contributed by atoms with E-state index in [0.29, 0.717) is 30.0 Å². The second kappa shape index (κ2) is 7.84. The molecule has 2 aromatic rings. The molecular weight excluding hydrogens is 366 g/mol. The summed E-state index contributed by atoms with van der Waals surface area (Å²) in [4.78, 5) is 27.7. The van der Waals surface area contributed by atoms with Crippen LogP contribution < -0.4 is 9.47 Å². The Bertz CT molecular complexity index is 888. The second-order valence-electron chi connectivity index (χ2n) is 6.08. The summed E-state index contributed by atoms with van der Waals surface area (Å²) in [5.41, 5.74) is 0.492. The molecule has 142 valence electrons. The molecule has 27 heavy (non-hydrogen) atoms. The van der Waals surface area contributed by atoms with Crippen molar-refractivity contribution in [2.24, 2.45) is 0 Å². The Kier molecular flexibility index (Phi) is 5.51. The van der Waals surface area contributed by atoms with E-state index in [4.69, 9.17) is 9.47 Å². The van der Waals surface area contributed by atoms with Gasteiger partial charge in [0.1, 0.15) is 5.76 Å². The predicted molar refractivity (Wildman–Crippen MR) is 103 cm³/mol. The molecular formula is C20H21NO5S. The highest BCUT2D eigenvalue weighted by Gasteiger charge is 2.46. The van der Waals surface area contributed by atoms with E-state index in [2.05, 4.69) is 0 Å². The van der Waals surface area contributed by atoms with Crippen molar-refractivity contribution in [3.8, 4) is 11.5 Å². The minimum absolute atomic E-state index is 0.100. The molecule has 0 saturated carbocycles. The SMILES string of the molecule is CCCN1C(=O)C(=O)/C(=C(\O)c2ccc(OC)c(OC)c2)C1c1cccs1. The van der Waals surface area contributed by atoms with E-state index < -0.39 is 17.7 Å². The first-order valence-corrected chi connectivity index (χ1v) is 9.45. The maximum atomic E-state index is 12.7. The van der Waals surface area contributed by atoms with Crippen molar-refractivity contribution < 1.29 is 24.2 Å². The van der Waals surface area contributed by atoms with Gasteiger partial charge in [0.05, 0.1) is 25.8 Å². The molecule has 0 aliphatic carbocycles. The molecule has 1 amide bonds. The summed E-state index contributed by atoms with van der Waals surface area (Å²) < 4.78 is 10.5. The first kappa shape index (κ1) is 19.0. The van der Waals surface area contributed by atoms with Crippen molar-refractivity contribution in [3.05, 3.63) is 51.7 Å². The number of amides is 1. The molecule has 1 aromatic heterocycles. The number of benzene rings is 1. The normalized spacial score (nSPS) is 18.8. The summed E-state index contributed by atoms with van der Waals surface area (Å²) in [6, 6.07) is 8.02. The number of ether oxygens (including phenoxy) is 2. The average Bonchev–Trinajstić information content (AvgIpc) is 3.29. The fraction of sp³-hybridized carbons (Fsp3) is 0.300. The van der Waals surface area contributed by atoms with Crippen LogP contribution in [0.3, 0.4) is 0 Å². The Morgan fingerprint density at radius 2 is 1.93 bits per heavy atom. The topological polar surface area (TPSA) is 76.1 Å². The highest BCUT2D eigenvalue weighted by Crippen LogP contribution is 2.42. The zero-order valence-corrected chi connectivity index (χ0v) is 16.2. The molecule has 0 spiro atoms. The van der Waals surface area contributed by atoms with Crippen LogP contribution in [0.1, 0.15) is 29.8 Å². The average molecular weight is 387 g/mol. The summed E-state index contributed by atoms with van der Waals surface area (Å²) in [6.45, 7) is 2.38. The summed E-state index contributed by atoms with van der Waals surface area (Å²) in [6.07, 6.45) is 0.714. The zero-order valence-electron chi connectivity index (χ0n) is 15.4. The summed E-state index contributed by atoms with van der Waals surface area (Å²) in [7, 11) is 3.01. The van der Waals surface area contributed by atoms with Crippen LogP contribution in [0, 0.1) is 0 Å². The maximum Gasteiger partial charge on any atom is 0.295 e. The quantitative estimate of drug-likeness (QED) is 0.466. The number of aliphatic hydroxyl groups is 1. The number of Topliss-reactive ketones (excluding diaryl/α,β-unsaturated/α-hetero) is 1. The molecule has 0 bridgehead atoms. The molecule has 2 heterocycles. The fourth-order valence-corrected chi connectivity index (χ4v) is 4.08. The van der Waals surface area contributed by atoms with Crippen molar-refractivity contribution in [1.82, 2.24) is 4.90 Å². The lowest BCUT2D eigenvalue weighted by molar-refractivity contribution is -0.139. The molecule has 1 aliphatic rings. The van der Waals surface area contributed by atoms with Gasteiger partial charge in [-0.05, 0) is 36.1 Å². The largest absolute Gasteiger partial charge is 0.507 e. The molecule has 1 aromatic carbocycles. The van der Waals surface area contributed by atoms with E-state index in [1.807, 2.05) is 24.4 Å². The van der Waals surface area contributed by atoms with Crippen molar-refractivity contribution >= 4 is 28.8 Å². The van der Waals surface area contributed by atoms with Gasteiger partial charge < -0.3 is 19.5 Å². The Morgan fingerprint density at radius 1 is 1.19 bits per heavy atom. The molecule has 1 aliphatic heterocycles. The van der Waals surface area contributed by atoms with E-state index in [9.17, 15) is 14.7 Å². The lowest BCUT2D eigenvalue weighted by Crippen LogP contribution is -2.30. The molecule has 1 N–H and O–H groups in total. The monoisotopic (exact) mass is 387 g/mol. The number of rotatable bonds is 6. The maximum absolute atomic E-state index is 12.7. The first-order valence-electron chi connectivity index (χ1n) is 8.57. The number of hydrogen-bond acceptors (Lipinski definition) is 6. The van der Waals surface area contributed by atoms with Gasteiger partial charge in [0.25, 0.3) is 11.7 Å². The van der Waals surface area contributed by atoms with E-state index in [1.54, 1.807) is 18.2 Å². The summed E-state index contributed by atoms with van der Waals surface area (Å²) >= 11 is 1.45. The number of aliphatic hydroxyl groups excluding tert-OH is 1.